The summed E-state index contributed by atoms with van der Waals surface area (Å²) in [4.78, 5) is 14.8. The number of para-hydroxylation sites is 4. The summed E-state index contributed by atoms with van der Waals surface area (Å²) in [6.07, 6.45) is 0. The lowest BCUT2D eigenvalue weighted by atomic mass is 10.0. The average molecular weight is 381 g/mol. The van der Waals surface area contributed by atoms with Crippen LogP contribution in [0, 0.1) is 5.82 Å². The van der Waals surface area contributed by atoms with Crippen LogP contribution in [0.5, 0.6) is 11.5 Å². The van der Waals surface area contributed by atoms with E-state index in [-0.39, 0.29) is 11.6 Å². The molecule has 4 aromatic carbocycles. The number of halogens is 1. The molecule has 0 fully saturated rings. The van der Waals surface area contributed by atoms with Crippen LogP contribution >= 0.6 is 0 Å². The molecule has 0 amide bonds. The summed E-state index contributed by atoms with van der Waals surface area (Å²) < 4.78 is 19.2. The van der Waals surface area contributed by atoms with Gasteiger partial charge in [-0.25, -0.2) is 4.39 Å². The number of hydrogen-bond acceptors (Lipinski definition) is 3. The van der Waals surface area contributed by atoms with Crippen molar-refractivity contribution < 1.29 is 13.9 Å². The first-order valence-corrected chi connectivity index (χ1v) is 9.27. The first-order valence-electron chi connectivity index (χ1n) is 9.27. The van der Waals surface area contributed by atoms with Gasteiger partial charge in [-0.1, -0.05) is 24.3 Å². The Morgan fingerprint density at radius 3 is 1.69 bits per heavy atom. The molecule has 5 rings (SSSR count). The van der Waals surface area contributed by atoms with Crippen LogP contribution in [-0.2, 0) is 0 Å². The smallest absolute Gasteiger partial charge is 0.193 e. The lowest BCUT2D eigenvalue weighted by molar-refractivity contribution is 0.103. The van der Waals surface area contributed by atoms with Crippen LogP contribution in [0.25, 0.3) is 0 Å². The molecule has 0 aliphatic carbocycles. The molecule has 1 aliphatic heterocycles. The molecule has 4 aromatic rings. The Bertz CT molecular complexity index is 1150. The SMILES string of the molecule is O=C(c1ccc(F)cc1)c1ccc(N2c3ccccc3Oc3ccccc32)cc1. The van der Waals surface area contributed by atoms with Crippen molar-refractivity contribution in [3.05, 3.63) is 114 Å². The predicted octanol–water partition coefficient (Wildman–Crippen LogP) is 6.63. The Morgan fingerprint density at radius 1 is 0.655 bits per heavy atom. The highest BCUT2D eigenvalue weighted by Crippen LogP contribution is 2.49. The third-order valence-corrected chi connectivity index (χ3v) is 4.93. The molecule has 0 atom stereocenters. The second-order valence-corrected chi connectivity index (χ2v) is 6.76. The highest BCUT2D eigenvalue weighted by Gasteiger charge is 2.25. The molecular formula is C25H16FNO2. The van der Waals surface area contributed by atoms with Gasteiger partial charge in [-0.2, -0.15) is 0 Å². The fraction of sp³-hybridized carbons (Fsp3) is 0. The fourth-order valence-corrected chi connectivity index (χ4v) is 3.51. The van der Waals surface area contributed by atoms with Gasteiger partial charge in [0.05, 0.1) is 11.4 Å². The van der Waals surface area contributed by atoms with Gasteiger partial charge in [0, 0.05) is 16.8 Å². The maximum atomic E-state index is 13.1. The van der Waals surface area contributed by atoms with Crippen molar-refractivity contribution >= 4 is 22.8 Å². The second kappa shape index (κ2) is 6.91. The van der Waals surface area contributed by atoms with E-state index in [2.05, 4.69) is 4.90 Å². The van der Waals surface area contributed by atoms with Gasteiger partial charge in [0.2, 0.25) is 0 Å². The third kappa shape index (κ3) is 3.05. The normalized spacial score (nSPS) is 12.0. The molecule has 0 radical (unpaired) electrons. The van der Waals surface area contributed by atoms with Crippen molar-refractivity contribution in [3.63, 3.8) is 0 Å². The average Bonchev–Trinajstić information content (AvgIpc) is 2.77. The van der Waals surface area contributed by atoms with Gasteiger partial charge in [0.15, 0.2) is 17.3 Å². The molecule has 140 valence electrons. The molecule has 0 unspecified atom stereocenters. The van der Waals surface area contributed by atoms with Crippen molar-refractivity contribution in [2.24, 2.45) is 0 Å². The quantitative estimate of drug-likeness (QED) is 0.328. The Labute approximate surface area is 167 Å². The summed E-state index contributed by atoms with van der Waals surface area (Å²) in [7, 11) is 0. The van der Waals surface area contributed by atoms with Crippen LogP contribution in [0.4, 0.5) is 21.5 Å². The highest BCUT2D eigenvalue weighted by atomic mass is 19.1. The molecular weight excluding hydrogens is 365 g/mol. The number of benzene rings is 4. The van der Waals surface area contributed by atoms with Crippen molar-refractivity contribution in [2.75, 3.05) is 4.90 Å². The van der Waals surface area contributed by atoms with E-state index in [1.807, 2.05) is 60.7 Å². The summed E-state index contributed by atoms with van der Waals surface area (Å²) in [5.41, 5.74) is 3.80. The summed E-state index contributed by atoms with van der Waals surface area (Å²) in [5, 5.41) is 0. The Hall–Kier alpha value is -3.92. The number of hydrogen-bond donors (Lipinski definition) is 0. The van der Waals surface area contributed by atoms with Gasteiger partial charge in [-0.3, -0.25) is 4.79 Å². The number of nitrogens with zero attached hydrogens (tertiary/aromatic N) is 1. The lowest BCUT2D eigenvalue weighted by Crippen LogP contribution is -2.15. The van der Waals surface area contributed by atoms with Crippen LogP contribution in [0.2, 0.25) is 0 Å². The Morgan fingerprint density at radius 2 is 1.14 bits per heavy atom. The topological polar surface area (TPSA) is 29.5 Å². The van der Waals surface area contributed by atoms with Crippen LogP contribution in [0.3, 0.4) is 0 Å². The summed E-state index contributed by atoms with van der Waals surface area (Å²) in [6, 6.07) is 28.7. The molecule has 0 aromatic heterocycles. The Balaban J connectivity index is 1.54. The third-order valence-electron chi connectivity index (χ3n) is 4.93. The molecule has 1 heterocycles. The summed E-state index contributed by atoms with van der Waals surface area (Å²) >= 11 is 0. The first kappa shape index (κ1) is 17.2. The zero-order chi connectivity index (χ0) is 19.8. The zero-order valence-corrected chi connectivity index (χ0v) is 15.4. The van der Waals surface area contributed by atoms with Crippen molar-refractivity contribution in [2.45, 2.75) is 0 Å². The Kier molecular flexibility index (Phi) is 4.10. The van der Waals surface area contributed by atoms with Gasteiger partial charge in [0.1, 0.15) is 5.82 Å². The van der Waals surface area contributed by atoms with Crippen LogP contribution in [-0.4, -0.2) is 5.78 Å². The van der Waals surface area contributed by atoms with Crippen LogP contribution < -0.4 is 9.64 Å². The number of anilines is 3. The van der Waals surface area contributed by atoms with E-state index in [4.69, 9.17) is 4.74 Å². The number of ketones is 1. The molecule has 29 heavy (non-hydrogen) atoms. The maximum Gasteiger partial charge on any atom is 0.193 e. The van der Waals surface area contributed by atoms with E-state index in [0.29, 0.717) is 11.1 Å². The minimum atomic E-state index is -0.360. The molecule has 0 saturated heterocycles. The summed E-state index contributed by atoms with van der Waals surface area (Å²) in [5.74, 6) is 1.05. The number of carbonyl (C=O) groups excluding carboxylic acids is 1. The fourth-order valence-electron chi connectivity index (χ4n) is 3.51. The van der Waals surface area contributed by atoms with Gasteiger partial charge < -0.3 is 9.64 Å². The van der Waals surface area contributed by atoms with Crippen LogP contribution in [0.1, 0.15) is 15.9 Å². The zero-order valence-electron chi connectivity index (χ0n) is 15.4. The number of fused-ring (bicyclic) bond motifs is 2. The highest BCUT2D eigenvalue weighted by molar-refractivity contribution is 6.09. The standard InChI is InChI=1S/C25H16FNO2/c26-19-13-9-17(10-14-19)25(28)18-11-15-20(16-12-18)27-21-5-1-3-7-23(21)29-24-8-4-2-6-22(24)27/h1-16H. The van der Waals surface area contributed by atoms with Crippen LogP contribution in [0.15, 0.2) is 97.1 Å². The molecule has 4 heteroatoms. The van der Waals surface area contributed by atoms with E-state index in [1.165, 1.54) is 24.3 Å². The predicted molar refractivity (Wildman–Crippen MR) is 111 cm³/mol. The van der Waals surface area contributed by atoms with Gasteiger partial charge in [-0.05, 0) is 72.8 Å². The number of carbonyl (C=O) groups is 1. The van der Waals surface area contributed by atoms with Gasteiger partial charge in [-0.15, -0.1) is 0 Å². The lowest BCUT2D eigenvalue weighted by Gasteiger charge is -2.32. The number of rotatable bonds is 3. The maximum absolute atomic E-state index is 13.1. The van der Waals surface area contributed by atoms with Crippen molar-refractivity contribution in [1.82, 2.24) is 0 Å². The first-order chi connectivity index (χ1) is 14.2. The second-order valence-electron chi connectivity index (χ2n) is 6.76. The largest absolute Gasteiger partial charge is 0.453 e. The van der Waals surface area contributed by atoms with E-state index < -0.39 is 0 Å². The minimum absolute atomic E-state index is 0.140. The van der Waals surface area contributed by atoms with Crippen molar-refractivity contribution in [1.29, 1.82) is 0 Å². The van der Waals surface area contributed by atoms with Gasteiger partial charge >= 0.3 is 0 Å². The number of ether oxygens (including phenoxy) is 1. The van der Waals surface area contributed by atoms with E-state index >= 15 is 0 Å². The van der Waals surface area contributed by atoms with E-state index in [1.54, 1.807) is 12.1 Å². The van der Waals surface area contributed by atoms with E-state index in [0.717, 1.165) is 28.6 Å². The molecule has 0 saturated carbocycles. The summed E-state index contributed by atoms with van der Waals surface area (Å²) in [6.45, 7) is 0. The minimum Gasteiger partial charge on any atom is -0.453 e. The molecule has 1 aliphatic rings. The van der Waals surface area contributed by atoms with Gasteiger partial charge in [0.25, 0.3) is 0 Å². The van der Waals surface area contributed by atoms with Crippen molar-refractivity contribution in [3.8, 4) is 11.5 Å². The molecule has 3 nitrogen and oxygen atoms in total. The van der Waals surface area contributed by atoms with E-state index in [9.17, 15) is 9.18 Å². The molecule has 0 N–H and O–H groups in total. The molecule has 0 spiro atoms. The monoisotopic (exact) mass is 381 g/mol. The molecule has 0 bridgehead atoms.